The zero-order valence-corrected chi connectivity index (χ0v) is 22.6. The van der Waals surface area contributed by atoms with Crippen LogP contribution in [0.1, 0.15) is 16.8 Å². The maximum Gasteiger partial charge on any atom is 0.420 e. The van der Waals surface area contributed by atoms with E-state index in [-0.39, 0.29) is 46.6 Å². The van der Waals surface area contributed by atoms with E-state index >= 15 is 0 Å². The highest BCUT2D eigenvalue weighted by atomic mass is 35.5. The van der Waals surface area contributed by atoms with Crippen molar-refractivity contribution in [3.8, 4) is 17.6 Å². The fourth-order valence-electron chi connectivity index (χ4n) is 3.77. The van der Waals surface area contributed by atoms with Crippen molar-refractivity contribution < 1.29 is 22.7 Å². The maximum absolute atomic E-state index is 13.8. The summed E-state index contributed by atoms with van der Waals surface area (Å²) in [7, 11) is 3.34. The van der Waals surface area contributed by atoms with Gasteiger partial charge in [-0.2, -0.15) is 28.2 Å². The van der Waals surface area contributed by atoms with Crippen LogP contribution in [0.25, 0.3) is 11.0 Å². The summed E-state index contributed by atoms with van der Waals surface area (Å²) < 4.78 is 48.8. The summed E-state index contributed by atoms with van der Waals surface area (Å²) in [5, 5.41) is 16.9. The molecule has 0 aliphatic heterocycles. The monoisotopic (exact) mass is 595 g/mol. The lowest BCUT2D eigenvalue weighted by atomic mass is 10.2. The summed E-state index contributed by atoms with van der Waals surface area (Å²) >= 11 is 5.95. The van der Waals surface area contributed by atoms with Gasteiger partial charge in [0.15, 0.2) is 5.65 Å². The standard InChI is InChI=1S/C25H21ClF3N7O3.ClH/c1-31-7-9-34(2)24(38)36-22-18(4-3-6-32-22)20(33-36)14-35-8-5-19(25(27,28)29)21(23(35)37)39-17-11-15(13-30)10-16(26)12-17;/h3-6,8,10-12,31H,7,9,14H2,1-2H3;1H. The number of pyridine rings is 2. The van der Waals surface area contributed by atoms with Gasteiger partial charge in [0.25, 0.3) is 5.56 Å². The van der Waals surface area contributed by atoms with Crippen LogP contribution in [-0.2, 0) is 12.7 Å². The smallest absolute Gasteiger partial charge is 0.420 e. The van der Waals surface area contributed by atoms with Crippen molar-refractivity contribution in [2.75, 3.05) is 27.2 Å². The molecule has 0 spiro atoms. The molecule has 15 heteroatoms. The van der Waals surface area contributed by atoms with Gasteiger partial charge in [-0.1, -0.05) is 11.6 Å². The highest BCUT2D eigenvalue weighted by molar-refractivity contribution is 6.30. The topological polar surface area (TPSA) is 118 Å². The fraction of sp³-hybridized carbons (Fsp3) is 0.240. The largest absolute Gasteiger partial charge is 0.451 e. The third-order valence-electron chi connectivity index (χ3n) is 5.69. The van der Waals surface area contributed by atoms with Gasteiger partial charge in [-0.15, -0.1) is 12.4 Å². The Morgan fingerprint density at radius 1 is 1.27 bits per heavy atom. The van der Waals surface area contributed by atoms with E-state index in [0.29, 0.717) is 24.5 Å². The molecule has 0 unspecified atom stereocenters. The molecule has 0 atom stereocenters. The number of fused-ring (bicyclic) bond motifs is 1. The van der Waals surface area contributed by atoms with E-state index in [9.17, 15) is 22.8 Å². The summed E-state index contributed by atoms with van der Waals surface area (Å²) in [5.41, 5.74) is -1.91. The van der Waals surface area contributed by atoms with E-state index in [1.54, 1.807) is 26.2 Å². The third kappa shape index (κ3) is 6.36. The first-order valence-corrected chi connectivity index (χ1v) is 11.8. The first-order valence-electron chi connectivity index (χ1n) is 11.5. The average Bonchev–Trinajstić information content (AvgIpc) is 3.26. The van der Waals surface area contributed by atoms with Gasteiger partial charge in [0.2, 0.25) is 5.75 Å². The molecule has 0 aliphatic carbocycles. The Labute approximate surface area is 236 Å². The highest BCUT2D eigenvalue weighted by Crippen LogP contribution is 2.36. The minimum atomic E-state index is -4.91. The minimum Gasteiger partial charge on any atom is -0.451 e. The molecule has 1 aromatic carbocycles. The van der Waals surface area contributed by atoms with Gasteiger partial charge >= 0.3 is 12.2 Å². The van der Waals surface area contributed by atoms with Crippen molar-refractivity contribution in [3.05, 3.63) is 81.0 Å². The summed E-state index contributed by atoms with van der Waals surface area (Å²) in [4.78, 5) is 32.0. The summed E-state index contributed by atoms with van der Waals surface area (Å²) in [6.45, 7) is 0.637. The number of amides is 1. The van der Waals surface area contributed by atoms with E-state index in [1.807, 2.05) is 6.07 Å². The molecular formula is C25H22Cl2F3N7O3. The highest BCUT2D eigenvalue weighted by Gasteiger charge is 2.37. The van der Waals surface area contributed by atoms with Crippen LogP contribution in [0.3, 0.4) is 0 Å². The Hall–Kier alpha value is -4.12. The molecule has 1 N–H and O–H groups in total. The number of hydrogen-bond acceptors (Lipinski definition) is 7. The van der Waals surface area contributed by atoms with Gasteiger partial charge in [-0.3, -0.25) is 4.79 Å². The molecule has 0 radical (unpaired) electrons. The molecule has 210 valence electrons. The second-order valence-electron chi connectivity index (χ2n) is 8.42. The molecule has 0 bridgehead atoms. The first-order chi connectivity index (χ1) is 18.5. The zero-order chi connectivity index (χ0) is 28.3. The number of likely N-dealkylation sites (N-methyl/N-ethyl adjacent to an activating group) is 2. The van der Waals surface area contributed by atoms with Crippen molar-refractivity contribution in [2.45, 2.75) is 12.7 Å². The van der Waals surface area contributed by atoms with Crippen LogP contribution >= 0.6 is 24.0 Å². The van der Waals surface area contributed by atoms with E-state index in [0.717, 1.165) is 15.4 Å². The number of aromatic nitrogens is 4. The van der Waals surface area contributed by atoms with E-state index in [1.165, 1.54) is 29.3 Å². The Morgan fingerprint density at radius 3 is 2.70 bits per heavy atom. The molecular weight excluding hydrogens is 574 g/mol. The number of carbonyl (C=O) groups is 1. The van der Waals surface area contributed by atoms with Crippen LogP contribution in [0, 0.1) is 11.3 Å². The van der Waals surface area contributed by atoms with Crippen LogP contribution in [0.4, 0.5) is 18.0 Å². The molecule has 3 heterocycles. The van der Waals surface area contributed by atoms with Crippen molar-refractivity contribution in [1.82, 2.24) is 29.5 Å². The van der Waals surface area contributed by atoms with Crippen molar-refractivity contribution in [2.24, 2.45) is 0 Å². The van der Waals surface area contributed by atoms with Gasteiger partial charge in [0.1, 0.15) is 11.3 Å². The van der Waals surface area contributed by atoms with Gasteiger partial charge in [0, 0.05) is 42.9 Å². The number of alkyl halides is 3. The van der Waals surface area contributed by atoms with Crippen LogP contribution in [0.2, 0.25) is 5.02 Å². The quantitative estimate of drug-likeness (QED) is 0.334. The number of carbonyl (C=O) groups excluding carboxylic acids is 1. The number of nitrogens with one attached hydrogen (secondary N) is 1. The molecule has 0 saturated heterocycles. The number of nitriles is 1. The SMILES string of the molecule is CNCCN(C)C(=O)n1nc(Cn2ccc(C(F)(F)F)c(Oc3cc(Cl)cc(C#N)c3)c2=O)c2cccnc21.Cl. The summed E-state index contributed by atoms with van der Waals surface area (Å²) in [5.74, 6) is -1.21. The molecule has 4 aromatic rings. The lowest BCUT2D eigenvalue weighted by molar-refractivity contribution is -0.138. The molecule has 40 heavy (non-hydrogen) atoms. The minimum absolute atomic E-state index is 0. The number of benzene rings is 1. The maximum atomic E-state index is 13.8. The lowest BCUT2D eigenvalue weighted by Crippen LogP contribution is -2.36. The third-order valence-corrected chi connectivity index (χ3v) is 5.91. The molecule has 10 nitrogen and oxygen atoms in total. The van der Waals surface area contributed by atoms with Gasteiger partial charge in [-0.25, -0.2) is 9.78 Å². The van der Waals surface area contributed by atoms with Crippen molar-refractivity contribution in [3.63, 3.8) is 0 Å². The predicted molar refractivity (Wildman–Crippen MR) is 143 cm³/mol. The predicted octanol–water partition coefficient (Wildman–Crippen LogP) is 4.52. The Kier molecular flexibility index (Phi) is 9.41. The van der Waals surface area contributed by atoms with E-state index < -0.39 is 29.1 Å². The molecule has 0 aliphatic rings. The van der Waals surface area contributed by atoms with Crippen LogP contribution in [0.15, 0.2) is 53.6 Å². The van der Waals surface area contributed by atoms with E-state index in [4.69, 9.17) is 21.6 Å². The van der Waals surface area contributed by atoms with Crippen molar-refractivity contribution >= 4 is 41.1 Å². The van der Waals surface area contributed by atoms with Crippen molar-refractivity contribution in [1.29, 1.82) is 5.26 Å². The van der Waals surface area contributed by atoms with Crippen LogP contribution in [-0.4, -0.2) is 57.4 Å². The molecule has 4 rings (SSSR count). The van der Waals surface area contributed by atoms with Crippen LogP contribution < -0.4 is 15.6 Å². The number of hydrogen-bond donors (Lipinski definition) is 1. The van der Waals surface area contributed by atoms with Gasteiger partial charge < -0.3 is 19.5 Å². The Morgan fingerprint density at radius 2 is 2.02 bits per heavy atom. The molecule has 0 saturated carbocycles. The van der Waals surface area contributed by atoms with Gasteiger partial charge in [-0.05, 0) is 43.4 Å². The second kappa shape index (κ2) is 12.4. The molecule has 3 aromatic heterocycles. The number of rotatable bonds is 7. The zero-order valence-electron chi connectivity index (χ0n) is 21.1. The summed E-state index contributed by atoms with van der Waals surface area (Å²) in [6, 6.07) is 8.97. The summed E-state index contributed by atoms with van der Waals surface area (Å²) in [6.07, 6.45) is -2.46. The van der Waals surface area contributed by atoms with E-state index in [2.05, 4.69) is 15.4 Å². The molecule has 0 fully saturated rings. The number of nitrogens with zero attached hydrogens (tertiary/aromatic N) is 6. The number of halogens is 5. The normalized spacial score (nSPS) is 11.1. The first kappa shape index (κ1) is 30.4. The second-order valence-corrected chi connectivity index (χ2v) is 8.86. The lowest BCUT2D eigenvalue weighted by Gasteiger charge is -2.16. The fourth-order valence-corrected chi connectivity index (χ4v) is 3.99. The average molecular weight is 596 g/mol. The molecule has 1 amide bonds. The number of ether oxygens (including phenoxy) is 1. The Bertz CT molecular complexity index is 1650. The van der Waals surface area contributed by atoms with Gasteiger partial charge in [0.05, 0.1) is 23.9 Å². The van der Waals surface area contributed by atoms with Crippen LogP contribution in [0.5, 0.6) is 11.5 Å². The Balaban J connectivity index is 0.00000441.